The Balaban J connectivity index is 2.19. The van der Waals surface area contributed by atoms with E-state index in [1.165, 1.54) is 5.69 Å². The molecule has 0 aromatic carbocycles. The van der Waals surface area contributed by atoms with E-state index in [1.54, 1.807) is 12.4 Å². The zero-order chi connectivity index (χ0) is 11.4. The monoisotopic (exact) mass is 216 g/mol. The van der Waals surface area contributed by atoms with E-state index in [1.807, 2.05) is 12.4 Å². The van der Waals surface area contributed by atoms with Crippen molar-refractivity contribution in [2.45, 2.75) is 37.6 Å². The molecule has 16 heavy (non-hydrogen) atoms. The molecule has 0 radical (unpaired) electrons. The molecule has 0 unspecified atom stereocenters. The third kappa shape index (κ3) is 1.13. The minimum absolute atomic E-state index is 0.0478. The number of nitrogens with two attached hydrogens (primary N) is 1. The normalized spacial score (nSPS) is 18.9. The Morgan fingerprint density at radius 3 is 2.81 bits per heavy atom. The Bertz CT molecular complexity index is 537. The molecule has 84 valence electrons. The second kappa shape index (κ2) is 2.83. The van der Waals surface area contributed by atoms with Crippen LogP contribution in [0.3, 0.4) is 0 Å². The number of nitrogens with zero attached hydrogens (tertiary/aromatic N) is 3. The molecule has 2 N–H and O–H groups in total. The lowest BCUT2D eigenvalue weighted by Crippen LogP contribution is -2.44. The zero-order valence-corrected chi connectivity index (χ0v) is 9.64. The van der Waals surface area contributed by atoms with Gasteiger partial charge in [0.15, 0.2) is 5.65 Å². The highest BCUT2D eigenvalue weighted by molar-refractivity contribution is 5.41. The Labute approximate surface area is 94.5 Å². The van der Waals surface area contributed by atoms with Crippen molar-refractivity contribution >= 4 is 5.65 Å². The van der Waals surface area contributed by atoms with Gasteiger partial charge in [0.05, 0.1) is 6.20 Å². The maximum absolute atomic E-state index is 6.35. The third-order valence-electron chi connectivity index (χ3n) is 3.99. The Hall–Kier alpha value is -1.42. The van der Waals surface area contributed by atoms with E-state index in [0.29, 0.717) is 0 Å². The van der Waals surface area contributed by atoms with Crippen molar-refractivity contribution in [3.63, 3.8) is 0 Å². The van der Waals surface area contributed by atoms with E-state index >= 15 is 0 Å². The van der Waals surface area contributed by atoms with Crippen LogP contribution in [-0.2, 0) is 5.41 Å². The van der Waals surface area contributed by atoms with Gasteiger partial charge in [-0.2, -0.15) is 0 Å². The summed E-state index contributed by atoms with van der Waals surface area (Å²) in [6.07, 6.45) is 9.62. The number of hydrogen-bond acceptors (Lipinski definition) is 3. The standard InChI is InChI=1S/C12H16N4/c1-11(2,12(13)3-4-12)9-7-15-10-8-14-5-6-16(9)10/h5-8H,3-4,13H2,1-2H3. The predicted molar refractivity (Wildman–Crippen MR) is 62.2 cm³/mol. The molecule has 2 heterocycles. The third-order valence-corrected chi connectivity index (χ3v) is 3.99. The molecule has 0 saturated heterocycles. The van der Waals surface area contributed by atoms with Crippen molar-refractivity contribution < 1.29 is 0 Å². The van der Waals surface area contributed by atoms with Gasteiger partial charge in [0.2, 0.25) is 0 Å². The van der Waals surface area contributed by atoms with Gasteiger partial charge in [0.1, 0.15) is 0 Å². The second-order valence-corrected chi connectivity index (χ2v) is 5.23. The van der Waals surface area contributed by atoms with Crippen LogP contribution in [0.25, 0.3) is 5.65 Å². The van der Waals surface area contributed by atoms with Gasteiger partial charge in [-0.3, -0.25) is 4.98 Å². The summed E-state index contributed by atoms with van der Waals surface area (Å²) < 4.78 is 2.08. The number of fused-ring (bicyclic) bond motifs is 1. The van der Waals surface area contributed by atoms with Crippen LogP contribution in [0.4, 0.5) is 0 Å². The van der Waals surface area contributed by atoms with Crippen molar-refractivity contribution in [2.75, 3.05) is 0 Å². The molecule has 0 spiro atoms. The number of imidazole rings is 1. The SMILES string of the molecule is CC(C)(c1cnc2cnccn12)C1(N)CC1. The van der Waals surface area contributed by atoms with E-state index in [4.69, 9.17) is 5.73 Å². The van der Waals surface area contributed by atoms with Crippen molar-refractivity contribution in [1.29, 1.82) is 0 Å². The van der Waals surface area contributed by atoms with Crippen LogP contribution in [0.1, 0.15) is 32.4 Å². The fraction of sp³-hybridized carbons (Fsp3) is 0.500. The summed E-state index contributed by atoms with van der Waals surface area (Å²) in [5.74, 6) is 0. The molecule has 4 nitrogen and oxygen atoms in total. The molecular formula is C12H16N4. The summed E-state index contributed by atoms with van der Waals surface area (Å²) in [7, 11) is 0. The average molecular weight is 216 g/mol. The molecule has 2 aromatic heterocycles. The summed E-state index contributed by atoms with van der Waals surface area (Å²) >= 11 is 0. The lowest BCUT2D eigenvalue weighted by molar-refractivity contribution is 0.378. The smallest absolute Gasteiger partial charge is 0.155 e. The van der Waals surface area contributed by atoms with Crippen molar-refractivity contribution in [3.8, 4) is 0 Å². The van der Waals surface area contributed by atoms with E-state index in [-0.39, 0.29) is 11.0 Å². The average Bonchev–Trinajstić information content (AvgIpc) is 2.88. The Morgan fingerprint density at radius 1 is 1.38 bits per heavy atom. The molecule has 0 aliphatic heterocycles. The minimum Gasteiger partial charge on any atom is -0.324 e. The molecule has 0 atom stereocenters. The zero-order valence-electron chi connectivity index (χ0n) is 9.64. The quantitative estimate of drug-likeness (QED) is 0.827. The summed E-state index contributed by atoms with van der Waals surface area (Å²) in [4.78, 5) is 8.44. The van der Waals surface area contributed by atoms with Crippen LogP contribution in [0.15, 0.2) is 24.8 Å². The van der Waals surface area contributed by atoms with Gasteiger partial charge in [-0.05, 0) is 12.8 Å². The van der Waals surface area contributed by atoms with Gasteiger partial charge in [0, 0.05) is 35.2 Å². The maximum Gasteiger partial charge on any atom is 0.155 e. The first-order valence-electron chi connectivity index (χ1n) is 5.61. The lowest BCUT2D eigenvalue weighted by atomic mass is 9.79. The Morgan fingerprint density at radius 2 is 2.12 bits per heavy atom. The van der Waals surface area contributed by atoms with Gasteiger partial charge in [-0.15, -0.1) is 0 Å². The molecular weight excluding hydrogens is 200 g/mol. The largest absolute Gasteiger partial charge is 0.324 e. The Kier molecular flexibility index (Phi) is 1.73. The van der Waals surface area contributed by atoms with Gasteiger partial charge in [-0.1, -0.05) is 13.8 Å². The topological polar surface area (TPSA) is 56.2 Å². The van der Waals surface area contributed by atoms with Gasteiger partial charge >= 0.3 is 0 Å². The van der Waals surface area contributed by atoms with Crippen LogP contribution in [-0.4, -0.2) is 19.9 Å². The molecule has 4 heteroatoms. The molecule has 1 fully saturated rings. The fourth-order valence-electron chi connectivity index (χ4n) is 2.32. The number of aromatic nitrogens is 3. The van der Waals surface area contributed by atoms with E-state index < -0.39 is 0 Å². The molecule has 1 aliphatic carbocycles. The number of rotatable bonds is 2. The highest BCUT2D eigenvalue weighted by atomic mass is 15.0. The van der Waals surface area contributed by atoms with Crippen molar-refractivity contribution in [2.24, 2.45) is 5.73 Å². The highest BCUT2D eigenvalue weighted by Crippen LogP contribution is 2.48. The maximum atomic E-state index is 6.35. The minimum atomic E-state index is -0.0633. The van der Waals surface area contributed by atoms with Gasteiger partial charge in [-0.25, -0.2) is 4.98 Å². The molecule has 0 amide bonds. The van der Waals surface area contributed by atoms with Crippen LogP contribution < -0.4 is 5.73 Å². The van der Waals surface area contributed by atoms with E-state index in [9.17, 15) is 0 Å². The fourth-order valence-corrected chi connectivity index (χ4v) is 2.32. The first kappa shape index (κ1) is 9.78. The number of hydrogen-bond donors (Lipinski definition) is 1. The van der Waals surface area contributed by atoms with Crippen molar-refractivity contribution in [3.05, 3.63) is 30.5 Å². The van der Waals surface area contributed by atoms with Crippen LogP contribution in [0, 0.1) is 0 Å². The van der Waals surface area contributed by atoms with Crippen LogP contribution in [0.5, 0.6) is 0 Å². The van der Waals surface area contributed by atoms with Gasteiger partial charge < -0.3 is 10.1 Å². The second-order valence-electron chi connectivity index (χ2n) is 5.23. The van der Waals surface area contributed by atoms with E-state index in [2.05, 4.69) is 28.2 Å². The van der Waals surface area contributed by atoms with Crippen LogP contribution >= 0.6 is 0 Å². The lowest BCUT2D eigenvalue weighted by Gasteiger charge is -2.31. The molecule has 3 rings (SSSR count). The predicted octanol–water partition coefficient (Wildman–Crippen LogP) is 1.50. The van der Waals surface area contributed by atoms with E-state index in [0.717, 1.165) is 18.5 Å². The summed E-state index contributed by atoms with van der Waals surface area (Å²) in [6.45, 7) is 4.40. The molecule has 2 aromatic rings. The van der Waals surface area contributed by atoms with Crippen LogP contribution in [0.2, 0.25) is 0 Å². The first-order valence-corrected chi connectivity index (χ1v) is 5.61. The summed E-state index contributed by atoms with van der Waals surface area (Å²) in [5, 5.41) is 0. The first-order chi connectivity index (χ1) is 7.55. The van der Waals surface area contributed by atoms with Crippen molar-refractivity contribution in [1.82, 2.24) is 14.4 Å². The molecule has 0 bridgehead atoms. The van der Waals surface area contributed by atoms with Gasteiger partial charge in [0.25, 0.3) is 0 Å². The summed E-state index contributed by atoms with van der Waals surface area (Å²) in [5.41, 5.74) is 8.29. The molecule has 1 aliphatic rings. The molecule has 1 saturated carbocycles. The summed E-state index contributed by atoms with van der Waals surface area (Å²) in [6, 6.07) is 0. The highest BCUT2D eigenvalue weighted by Gasteiger charge is 2.53.